The lowest BCUT2D eigenvalue weighted by molar-refractivity contribution is 0.481. The highest BCUT2D eigenvalue weighted by Gasteiger charge is 2.25. The summed E-state index contributed by atoms with van der Waals surface area (Å²) in [5, 5.41) is 0.895. The summed E-state index contributed by atoms with van der Waals surface area (Å²) in [5.41, 5.74) is 7.22. The molecule has 0 aliphatic carbocycles. The summed E-state index contributed by atoms with van der Waals surface area (Å²) in [6, 6.07) is 12.0. The number of amidine groups is 1. The first-order valence-electron chi connectivity index (χ1n) is 8.40. The maximum atomic E-state index is 12.8. The minimum absolute atomic E-state index is 0.156. The summed E-state index contributed by atoms with van der Waals surface area (Å²) >= 11 is 7.45. The molecule has 2 rings (SSSR count). The Bertz CT molecular complexity index is 961. The van der Waals surface area contributed by atoms with Gasteiger partial charge in [0.15, 0.2) is 5.17 Å². The van der Waals surface area contributed by atoms with E-state index in [4.69, 9.17) is 17.3 Å². The second-order valence-electron chi connectivity index (χ2n) is 6.33. The molecule has 8 heteroatoms. The largest absolute Gasteiger partial charge is 0.379 e. The minimum atomic E-state index is -3.76. The third kappa shape index (κ3) is 4.97. The number of nitrogens with two attached hydrogens (primary N) is 1. The number of anilines is 1. The monoisotopic (exact) mass is 425 g/mol. The predicted molar refractivity (Wildman–Crippen MR) is 116 cm³/mol. The van der Waals surface area contributed by atoms with Crippen LogP contribution in [0.3, 0.4) is 0 Å². The summed E-state index contributed by atoms with van der Waals surface area (Å²) in [7, 11) is -3.76. The van der Waals surface area contributed by atoms with Crippen molar-refractivity contribution in [1.82, 2.24) is 0 Å². The van der Waals surface area contributed by atoms with Gasteiger partial charge in [-0.25, -0.2) is 8.42 Å². The molecule has 27 heavy (non-hydrogen) atoms. The Morgan fingerprint density at radius 3 is 2.59 bits per heavy atom. The maximum absolute atomic E-state index is 12.8. The van der Waals surface area contributed by atoms with E-state index < -0.39 is 15.6 Å². The summed E-state index contributed by atoms with van der Waals surface area (Å²) in [5.74, 6) is 0. The number of hydrogen-bond donors (Lipinski definition) is 2. The summed E-state index contributed by atoms with van der Waals surface area (Å²) < 4.78 is 28.3. The zero-order chi connectivity index (χ0) is 20.2. The second-order valence-corrected chi connectivity index (χ2v) is 9.22. The maximum Gasteiger partial charge on any atom is 0.262 e. The average Bonchev–Trinajstić information content (AvgIpc) is 2.63. The standard InChI is InChI=1S/C19H24ClN3O2S2/c1-5-19(3,22-18(21)26-4)14-8-6-9-15(12-14)23-27(24,25)17-11-7-10-16(20)13(17)2/h6-12,23H,5H2,1-4H3,(H2,21,22). The zero-order valence-corrected chi connectivity index (χ0v) is 18.2. The molecular weight excluding hydrogens is 402 g/mol. The summed E-state index contributed by atoms with van der Waals surface area (Å²) in [6.07, 6.45) is 2.59. The minimum Gasteiger partial charge on any atom is -0.379 e. The van der Waals surface area contributed by atoms with Gasteiger partial charge in [0.2, 0.25) is 0 Å². The number of nitrogens with zero attached hydrogens (tertiary/aromatic N) is 1. The van der Waals surface area contributed by atoms with Crippen LogP contribution in [0.15, 0.2) is 52.4 Å². The number of hydrogen-bond acceptors (Lipinski definition) is 4. The zero-order valence-electron chi connectivity index (χ0n) is 15.8. The van der Waals surface area contributed by atoms with Crippen molar-refractivity contribution < 1.29 is 8.42 Å². The van der Waals surface area contributed by atoms with Crippen molar-refractivity contribution in [3.63, 3.8) is 0 Å². The van der Waals surface area contributed by atoms with Crippen LogP contribution in [-0.2, 0) is 15.6 Å². The topological polar surface area (TPSA) is 84.5 Å². The number of sulfonamides is 1. The van der Waals surface area contributed by atoms with Gasteiger partial charge in [0.25, 0.3) is 10.0 Å². The lowest BCUT2D eigenvalue weighted by Gasteiger charge is -2.25. The van der Waals surface area contributed by atoms with Gasteiger partial charge in [0, 0.05) is 10.7 Å². The Kier molecular flexibility index (Phi) is 6.83. The molecule has 0 bridgehead atoms. The van der Waals surface area contributed by atoms with Crippen LogP contribution in [0.4, 0.5) is 5.69 Å². The molecular formula is C19H24ClN3O2S2. The Labute approximate surface area is 170 Å². The van der Waals surface area contributed by atoms with Crippen LogP contribution in [0, 0.1) is 6.92 Å². The highest BCUT2D eigenvalue weighted by Crippen LogP contribution is 2.32. The van der Waals surface area contributed by atoms with E-state index in [9.17, 15) is 8.42 Å². The van der Waals surface area contributed by atoms with Crippen LogP contribution >= 0.6 is 23.4 Å². The molecule has 0 fully saturated rings. The van der Waals surface area contributed by atoms with Crippen molar-refractivity contribution >= 4 is 44.2 Å². The van der Waals surface area contributed by atoms with Gasteiger partial charge in [-0.1, -0.05) is 48.5 Å². The molecule has 0 spiro atoms. The van der Waals surface area contributed by atoms with Gasteiger partial charge in [-0.2, -0.15) is 0 Å². The van der Waals surface area contributed by atoms with E-state index in [1.54, 1.807) is 37.3 Å². The third-order valence-electron chi connectivity index (χ3n) is 4.50. The second kappa shape index (κ2) is 8.54. The highest BCUT2D eigenvalue weighted by atomic mass is 35.5. The molecule has 1 atom stereocenters. The Hall–Kier alpha value is -1.70. The van der Waals surface area contributed by atoms with Crippen molar-refractivity contribution in [2.45, 2.75) is 37.6 Å². The molecule has 2 aromatic rings. The summed E-state index contributed by atoms with van der Waals surface area (Å²) in [4.78, 5) is 4.76. The third-order valence-corrected chi connectivity index (χ3v) is 6.94. The first kappa shape index (κ1) is 21.6. The van der Waals surface area contributed by atoms with E-state index in [-0.39, 0.29) is 4.90 Å². The number of benzene rings is 2. The van der Waals surface area contributed by atoms with Gasteiger partial charge in [0.05, 0.1) is 10.4 Å². The normalized spacial score (nSPS) is 14.6. The van der Waals surface area contributed by atoms with Gasteiger partial charge in [0.1, 0.15) is 0 Å². The fourth-order valence-electron chi connectivity index (χ4n) is 2.64. The van der Waals surface area contributed by atoms with Crippen LogP contribution in [0.1, 0.15) is 31.4 Å². The van der Waals surface area contributed by atoms with Gasteiger partial charge in [-0.15, -0.1) is 0 Å². The Balaban J connectivity index is 2.42. The van der Waals surface area contributed by atoms with Crippen LogP contribution < -0.4 is 10.5 Å². The summed E-state index contributed by atoms with van der Waals surface area (Å²) in [6.45, 7) is 5.68. The molecule has 0 aliphatic rings. The first-order chi connectivity index (χ1) is 12.6. The molecule has 0 saturated heterocycles. The molecule has 3 N–H and O–H groups in total. The Morgan fingerprint density at radius 1 is 1.30 bits per heavy atom. The molecule has 146 valence electrons. The van der Waals surface area contributed by atoms with E-state index in [0.29, 0.717) is 21.4 Å². The molecule has 0 radical (unpaired) electrons. The smallest absolute Gasteiger partial charge is 0.262 e. The van der Waals surface area contributed by atoms with E-state index in [2.05, 4.69) is 9.71 Å². The van der Waals surface area contributed by atoms with Gasteiger partial charge in [-0.05, 0) is 61.9 Å². The number of halogens is 1. The SMILES string of the molecule is CCC(C)(N=C(N)SC)c1cccc(NS(=O)(=O)c2cccc(Cl)c2C)c1. The van der Waals surface area contributed by atoms with Gasteiger partial charge >= 0.3 is 0 Å². The highest BCUT2D eigenvalue weighted by molar-refractivity contribution is 8.13. The van der Waals surface area contributed by atoms with Crippen LogP contribution in [0.2, 0.25) is 5.02 Å². The molecule has 2 aromatic carbocycles. The van der Waals surface area contributed by atoms with Crippen molar-refractivity contribution in [2.24, 2.45) is 10.7 Å². The fourth-order valence-corrected chi connectivity index (χ4v) is 4.48. The van der Waals surface area contributed by atoms with Crippen molar-refractivity contribution in [2.75, 3.05) is 11.0 Å². The number of thioether (sulfide) groups is 1. The molecule has 0 saturated carbocycles. The molecule has 0 aromatic heterocycles. The quantitative estimate of drug-likeness (QED) is 0.516. The fraction of sp³-hybridized carbons (Fsp3) is 0.316. The molecule has 5 nitrogen and oxygen atoms in total. The van der Waals surface area contributed by atoms with Gasteiger partial charge < -0.3 is 5.73 Å². The number of rotatable bonds is 6. The molecule has 0 aliphatic heterocycles. The molecule has 0 amide bonds. The van der Waals surface area contributed by atoms with Crippen LogP contribution in [0.5, 0.6) is 0 Å². The molecule has 0 heterocycles. The van der Waals surface area contributed by atoms with E-state index in [1.165, 1.54) is 17.8 Å². The molecule has 1 unspecified atom stereocenters. The van der Waals surface area contributed by atoms with Gasteiger partial charge in [-0.3, -0.25) is 9.71 Å². The first-order valence-corrected chi connectivity index (χ1v) is 11.5. The van der Waals surface area contributed by atoms with Crippen LogP contribution in [0.25, 0.3) is 0 Å². The van der Waals surface area contributed by atoms with E-state index in [1.807, 2.05) is 26.2 Å². The van der Waals surface area contributed by atoms with Crippen LogP contribution in [-0.4, -0.2) is 19.8 Å². The number of nitrogens with one attached hydrogen (secondary N) is 1. The van der Waals surface area contributed by atoms with E-state index >= 15 is 0 Å². The average molecular weight is 426 g/mol. The number of aliphatic imine (C=N–C) groups is 1. The van der Waals surface area contributed by atoms with Crippen molar-refractivity contribution in [3.05, 3.63) is 58.6 Å². The van der Waals surface area contributed by atoms with Crippen molar-refractivity contribution in [1.29, 1.82) is 0 Å². The van der Waals surface area contributed by atoms with E-state index in [0.717, 1.165) is 12.0 Å². The lowest BCUT2D eigenvalue weighted by Crippen LogP contribution is -2.23. The Morgan fingerprint density at radius 2 is 1.96 bits per heavy atom. The predicted octanol–water partition coefficient (Wildman–Crippen LogP) is 4.75. The van der Waals surface area contributed by atoms with Crippen molar-refractivity contribution in [3.8, 4) is 0 Å². The lowest BCUT2D eigenvalue weighted by atomic mass is 9.90.